The second-order valence-corrected chi connectivity index (χ2v) is 5.44. The van der Waals surface area contributed by atoms with Crippen LogP contribution in [0, 0.1) is 5.92 Å². The summed E-state index contributed by atoms with van der Waals surface area (Å²) in [5, 5.41) is 0.624. The molecular formula is C14H21NO4. The van der Waals surface area contributed by atoms with Crippen molar-refractivity contribution in [2.24, 2.45) is 5.92 Å². The summed E-state index contributed by atoms with van der Waals surface area (Å²) in [6, 6.07) is 0. The van der Waals surface area contributed by atoms with Crippen molar-refractivity contribution in [2.45, 2.75) is 64.2 Å². The van der Waals surface area contributed by atoms with Gasteiger partial charge in [0.1, 0.15) is 0 Å². The molecule has 106 valence electrons. The Bertz CT molecular complexity index is 344. The molecule has 0 unspecified atom stereocenters. The zero-order valence-electron chi connectivity index (χ0n) is 11.2. The van der Waals surface area contributed by atoms with E-state index in [9.17, 15) is 14.4 Å². The van der Waals surface area contributed by atoms with Gasteiger partial charge in [0.2, 0.25) is 0 Å². The number of carbonyl (C=O) groups is 3. The van der Waals surface area contributed by atoms with E-state index in [1.54, 1.807) is 0 Å². The van der Waals surface area contributed by atoms with Gasteiger partial charge in [-0.15, -0.1) is 5.06 Å². The van der Waals surface area contributed by atoms with Crippen molar-refractivity contribution < 1.29 is 19.2 Å². The summed E-state index contributed by atoms with van der Waals surface area (Å²) in [5.41, 5.74) is 0. The number of nitrogens with zero attached hydrogens (tertiary/aromatic N) is 1. The first-order chi connectivity index (χ1) is 9.16. The fourth-order valence-corrected chi connectivity index (χ4v) is 2.81. The van der Waals surface area contributed by atoms with Gasteiger partial charge in [-0.3, -0.25) is 9.59 Å². The highest BCUT2D eigenvalue weighted by Crippen LogP contribution is 2.29. The molecule has 0 spiro atoms. The summed E-state index contributed by atoms with van der Waals surface area (Å²) in [5.74, 6) is -0.471. The SMILES string of the molecule is O=C(CCCCC1CCCC1)ON1C(=O)CCC1=O. The van der Waals surface area contributed by atoms with Gasteiger partial charge in [-0.05, 0) is 12.3 Å². The number of hydrogen-bond acceptors (Lipinski definition) is 4. The lowest BCUT2D eigenvalue weighted by atomic mass is 10.00. The number of unbranched alkanes of at least 4 members (excludes halogenated alkanes) is 1. The van der Waals surface area contributed by atoms with E-state index in [0.717, 1.165) is 18.8 Å². The van der Waals surface area contributed by atoms with Crippen molar-refractivity contribution in [3.63, 3.8) is 0 Å². The van der Waals surface area contributed by atoms with Crippen molar-refractivity contribution >= 4 is 17.8 Å². The molecule has 1 aliphatic heterocycles. The number of amides is 2. The summed E-state index contributed by atoms with van der Waals surface area (Å²) >= 11 is 0. The highest BCUT2D eigenvalue weighted by molar-refractivity contribution is 6.01. The predicted molar refractivity (Wildman–Crippen MR) is 67.6 cm³/mol. The average Bonchev–Trinajstić information content (AvgIpc) is 3.00. The Morgan fingerprint density at radius 2 is 1.74 bits per heavy atom. The highest BCUT2D eigenvalue weighted by Gasteiger charge is 2.32. The van der Waals surface area contributed by atoms with Crippen LogP contribution in [0.1, 0.15) is 64.2 Å². The third-order valence-corrected chi connectivity index (χ3v) is 3.92. The van der Waals surface area contributed by atoms with Gasteiger partial charge < -0.3 is 4.84 Å². The van der Waals surface area contributed by atoms with Crippen molar-refractivity contribution in [2.75, 3.05) is 0 Å². The normalized spacial score (nSPS) is 20.3. The standard InChI is InChI=1S/C14H21NO4/c16-12-9-10-13(17)15(12)19-14(18)8-4-3-7-11-5-1-2-6-11/h11H,1-10H2. The van der Waals surface area contributed by atoms with Crippen LogP contribution in [0.4, 0.5) is 0 Å². The van der Waals surface area contributed by atoms with Crippen LogP contribution < -0.4 is 0 Å². The van der Waals surface area contributed by atoms with Crippen LogP contribution in [0.3, 0.4) is 0 Å². The fourth-order valence-electron chi connectivity index (χ4n) is 2.81. The van der Waals surface area contributed by atoms with E-state index >= 15 is 0 Å². The largest absolute Gasteiger partial charge is 0.333 e. The molecule has 2 rings (SSSR count). The molecule has 5 heteroatoms. The lowest BCUT2D eigenvalue weighted by Gasteiger charge is -2.12. The van der Waals surface area contributed by atoms with E-state index in [2.05, 4.69) is 0 Å². The molecule has 2 aliphatic rings. The first kappa shape index (κ1) is 14.0. The maximum absolute atomic E-state index is 11.5. The number of rotatable bonds is 6. The Kier molecular flexibility index (Phi) is 4.93. The van der Waals surface area contributed by atoms with E-state index in [1.165, 1.54) is 32.1 Å². The summed E-state index contributed by atoms with van der Waals surface area (Å²) < 4.78 is 0. The summed E-state index contributed by atoms with van der Waals surface area (Å²) in [4.78, 5) is 38.8. The van der Waals surface area contributed by atoms with Crippen LogP contribution in [0.25, 0.3) is 0 Å². The quantitative estimate of drug-likeness (QED) is 0.547. The summed E-state index contributed by atoms with van der Waals surface area (Å²) in [7, 11) is 0. The van der Waals surface area contributed by atoms with Crippen LogP contribution in [0.5, 0.6) is 0 Å². The van der Waals surface area contributed by atoms with Crippen LogP contribution >= 0.6 is 0 Å². The van der Waals surface area contributed by atoms with Gasteiger partial charge in [-0.1, -0.05) is 38.5 Å². The lowest BCUT2D eigenvalue weighted by molar-refractivity contribution is -0.197. The predicted octanol–water partition coefficient (Wildman–Crippen LogP) is 2.34. The smallest absolute Gasteiger partial charge is 0.330 e. The topological polar surface area (TPSA) is 63.7 Å². The molecule has 19 heavy (non-hydrogen) atoms. The van der Waals surface area contributed by atoms with Crippen LogP contribution in [0.2, 0.25) is 0 Å². The number of carbonyl (C=O) groups excluding carboxylic acids is 3. The average molecular weight is 267 g/mol. The molecule has 1 saturated heterocycles. The van der Waals surface area contributed by atoms with Crippen molar-refractivity contribution in [1.82, 2.24) is 5.06 Å². The Morgan fingerprint density at radius 1 is 1.11 bits per heavy atom. The molecule has 2 fully saturated rings. The van der Waals surface area contributed by atoms with Gasteiger partial charge >= 0.3 is 5.97 Å². The molecule has 0 aromatic carbocycles. The fraction of sp³-hybridized carbons (Fsp3) is 0.786. The van der Waals surface area contributed by atoms with Crippen molar-refractivity contribution in [1.29, 1.82) is 0 Å². The Morgan fingerprint density at radius 3 is 2.37 bits per heavy atom. The molecule has 0 atom stereocenters. The molecule has 1 saturated carbocycles. The maximum Gasteiger partial charge on any atom is 0.333 e. The van der Waals surface area contributed by atoms with Gasteiger partial charge in [0, 0.05) is 19.3 Å². The molecule has 0 N–H and O–H groups in total. The Hall–Kier alpha value is -1.39. The van der Waals surface area contributed by atoms with Gasteiger partial charge in [0.25, 0.3) is 11.8 Å². The first-order valence-electron chi connectivity index (χ1n) is 7.23. The minimum absolute atomic E-state index is 0.147. The Labute approximate surface area is 113 Å². The molecule has 0 radical (unpaired) electrons. The summed E-state index contributed by atoms with van der Waals surface area (Å²) in [6.45, 7) is 0. The zero-order chi connectivity index (χ0) is 13.7. The first-order valence-corrected chi connectivity index (χ1v) is 7.23. The van der Waals surface area contributed by atoms with Gasteiger partial charge in [-0.2, -0.15) is 0 Å². The molecule has 0 aromatic heterocycles. The van der Waals surface area contributed by atoms with E-state index < -0.39 is 17.8 Å². The molecule has 0 bridgehead atoms. The minimum atomic E-state index is -0.477. The van der Waals surface area contributed by atoms with Gasteiger partial charge in [0.05, 0.1) is 0 Å². The van der Waals surface area contributed by atoms with Crippen molar-refractivity contribution in [3.05, 3.63) is 0 Å². The number of imide groups is 1. The highest BCUT2D eigenvalue weighted by atomic mass is 16.7. The number of hydroxylamine groups is 2. The molecule has 2 amide bonds. The van der Waals surface area contributed by atoms with E-state index in [4.69, 9.17) is 4.84 Å². The molecule has 1 aliphatic carbocycles. The molecule has 1 heterocycles. The van der Waals surface area contributed by atoms with E-state index in [0.29, 0.717) is 5.06 Å². The van der Waals surface area contributed by atoms with Gasteiger partial charge in [0.15, 0.2) is 0 Å². The third-order valence-electron chi connectivity index (χ3n) is 3.92. The number of hydrogen-bond donors (Lipinski definition) is 0. The monoisotopic (exact) mass is 267 g/mol. The molecular weight excluding hydrogens is 246 g/mol. The van der Waals surface area contributed by atoms with E-state index in [1.807, 2.05) is 0 Å². The lowest BCUT2D eigenvalue weighted by Crippen LogP contribution is -2.31. The molecule has 5 nitrogen and oxygen atoms in total. The molecule has 0 aromatic rings. The second-order valence-electron chi connectivity index (χ2n) is 5.44. The Balaban J connectivity index is 1.59. The van der Waals surface area contributed by atoms with Crippen LogP contribution in [0.15, 0.2) is 0 Å². The van der Waals surface area contributed by atoms with Crippen LogP contribution in [-0.2, 0) is 19.2 Å². The van der Waals surface area contributed by atoms with E-state index in [-0.39, 0.29) is 19.3 Å². The van der Waals surface area contributed by atoms with Crippen LogP contribution in [-0.4, -0.2) is 22.8 Å². The second kappa shape index (κ2) is 6.68. The summed E-state index contributed by atoms with van der Waals surface area (Å²) in [6.07, 6.45) is 8.85. The third kappa shape index (κ3) is 4.04. The van der Waals surface area contributed by atoms with Crippen molar-refractivity contribution in [3.8, 4) is 0 Å². The van der Waals surface area contributed by atoms with Gasteiger partial charge in [-0.25, -0.2) is 4.79 Å². The maximum atomic E-state index is 11.5. The zero-order valence-corrected chi connectivity index (χ0v) is 11.2. The minimum Gasteiger partial charge on any atom is -0.330 e.